The van der Waals surface area contributed by atoms with Crippen molar-refractivity contribution >= 4 is 57.6 Å². The standard InChI is InChI=1S/C23H21Cl3N2O3/c24-18-5-4-16(23(31)27-9-6-14(7-10-27)12-20(29)30)21(26)17(18)13-28-11-8-15-2-1-3-19(25)22(15)28/h1-5,8,11,14H,6-7,9-10,12-13H2,(H,29,30). The Labute approximate surface area is 195 Å². The molecule has 0 radical (unpaired) electrons. The van der Waals surface area contributed by atoms with Gasteiger partial charge in [-0.05, 0) is 43.0 Å². The van der Waals surface area contributed by atoms with Crippen LogP contribution in [-0.2, 0) is 11.3 Å². The summed E-state index contributed by atoms with van der Waals surface area (Å²) in [6.45, 7) is 1.42. The largest absolute Gasteiger partial charge is 0.481 e. The van der Waals surface area contributed by atoms with E-state index in [1.807, 2.05) is 35.0 Å². The number of amides is 1. The van der Waals surface area contributed by atoms with Gasteiger partial charge < -0.3 is 14.6 Å². The number of aromatic nitrogens is 1. The first-order chi connectivity index (χ1) is 14.8. The Kier molecular flexibility index (Phi) is 6.47. The second kappa shape index (κ2) is 9.11. The Bertz CT molecular complexity index is 1150. The molecule has 1 aliphatic rings. The minimum atomic E-state index is -0.798. The second-order valence-corrected chi connectivity index (χ2v) is 9.03. The molecule has 0 bridgehead atoms. The number of carbonyl (C=O) groups is 2. The summed E-state index contributed by atoms with van der Waals surface area (Å²) < 4.78 is 1.97. The summed E-state index contributed by atoms with van der Waals surface area (Å²) in [6.07, 6.45) is 3.40. The topological polar surface area (TPSA) is 62.5 Å². The van der Waals surface area contributed by atoms with Gasteiger partial charge in [0.25, 0.3) is 5.91 Å². The van der Waals surface area contributed by atoms with E-state index in [0.29, 0.717) is 58.7 Å². The highest BCUT2D eigenvalue weighted by atomic mass is 35.5. The van der Waals surface area contributed by atoms with Gasteiger partial charge in [-0.3, -0.25) is 9.59 Å². The number of carbonyl (C=O) groups excluding carboxylic acids is 1. The van der Waals surface area contributed by atoms with Gasteiger partial charge in [-0.2, -0.15) is 0 Å². The van der Waals surface area contributed by atoms with Crippen molar-refractivity contribution in [2.75, 3.05) is 13.1 Å². The number of para-hydroxylation sites is 1. The lowest BCUT2D eigenvalue weighted by molar-refractivity contribution is -0.138. The van der Waals surface area contributed by atoms with Crippen molar-refractivity contribution in [3.05, 3.63) is 68.8 Å². The van der Waals surface area contributed by atoms with Crippen LogP contribution < -0.4 is 0 Å². The predicted molar refractivity (Wildman–Crippen MR) is 123 cm³/mol. The second-order valence-electron chi connectivity index (χ2n) is 7.84. The average Bonchev–Trinajstić information content (AvgIpc) is 3.15. The molecule has 1 N–H and O–H groups in total. The summed E-state index contributed by atoms with van der Waals surface area (Å²) in [4.78, 5) is 25.8. The third-order valence-corrected chi connectivity index (χ3v) is 6.94. The monoisotopic (exact) mass is 478 g/mol. The molecule has 1 amide bonds. The maximum absolute atomic E-state index is 13.1. The van der Waals surface area contributed by atoms with Crippen molar-refractivity contribution in [3.63, 3.8) is 0 Å². The van der Waals surface area contributed by atoms with E-state index < -0.39 is 5.97 Å². The fourth-order valence-electron chi connectivity index (χ4n) is 4.18. The number of nitrogens with zero attached hydrogens (tertiary/aromatic N) is 2. The minimum Gasteiger partial charge on any atom is -0.481 e. The van der Waals surface area contributed by atoms with Gasteiger partial charge in [0, 0.05) is 41.7 Å². The van der Waals surface area contributed by atoms with E-state index in [9.17, 15) is 9.59 Å². The average molecular weight is 480 g/mol. The number of hydrogen-bond donors (Lipinski definition) is 1. The van der Waals surface area contributed by atoms with E-state index >= 15 is 0 Å². The van der Waals surface area contributed by atoms with E-state index in [4.69, 9.17) is 39.9 Å². The van der Waals surface area contributed by atoms with Crippen molar-refractivity contribution in [1.29, 1.82) is 0 Å². The van der Waals surface area contributed by atoms with E-state index in [2.05, 4.69) is 0 Å². The number of fused-ring (bicyclic) bond motifs is 1. The number of halogens is 3. The molecule has 0 unspecified atom stereocenters. The van der Waals surface area contributed by atoms with E-state index in [0.717, 1.165) is 10.9 Å². The van der Waals surface area contributed by atoms with Gasteiger partial charge in [-0.15, -0.1) is 0 Å². The van der Waals surface area contributed by atoms with Crippen LogP contribution >= 0.6 is 34.8 Å². The Morgan fingerprint density at radius 1 is 1.00 bits per heavy atom. The van der Waals surface area contributed by atoms with Crippen LogP contribution in [0, 0.1) is 5.92 Å². The molecule has 8 heteroatoms. The number of carboxylic acid groups (broad SMARTS) is 1. The molecule has 1 fully saturated rings. The number of likely N-dealkylation sites (tertiary alicyclic amines) is 1. The fourth-order valence-corrected chi connectivity index (χ4v) is 5.04. The summed E-state index contributed by atoms with van der Waals surface area (Å²) in [5.41, 5.74) is 1.95. The third-order valence-electron chi connectivity index (χ3n) is 5.85. The van der Waals surface area contributed by atoms with Crippen LogP contribution in [0.2, 0.25) is 15.1 Å². The fraction of sp³-hybridized carbons (Fsp3) is 0.304. The van der Waals surface area contributed by atoms with Crippen LogP contribution in [0.1, 0.15) is 35.2 Å². The molecule has 31 heavy (non-hydrogen) atoms. The molecule has 2 aromatic carbocycles. The number of aliphatic carboxylic acids is 1. The summed E-state index contributed by atoms with van der Waals surface area (Å²) in [5, 5.41) is 11.4. The van der Waals surface area contributed by atoms with E-state index in [1.165, 1.54) is 0 Å². The molecule has 2 heterocycles. The van der Waals surface area contributed by atoms with Crippen LogP contribution in [0.4, 0.5) is 0 Å². The molecule has 1 aliphatic heterocycles. The van der Waals surface area contributed by atoms with Gasteiger partial charge in [-0.1, -0.05) is 46.9 Å². The Morgan fingerprint density at radius 3 is 2.45 bits per heavy atom. The first-order valence-electron chi connectivity index (χ1n) is 10.1. The highest BCUT2D eigenvalue weighted by molar-refractivity contribution is 6.38. The van der Waals surface area contributed by atoms with Gasteiger partial charge in [0.15, 0.2) is 0 Å². The van der Waals surface area contributed by atoms with Gasteiger partial charge in [-0.25, -0.2) is 0 Å². The lowest BCUT2D eigenvalue weighted by Crippen LogP contribution is -2.39. The zero-order valence-electron chi connectivity index (χ0n) is 16.7. The van der Waals surface area contributed by atoms with Crippen molar-refractivity contribution < 1.29 is 14.7 Å². The molecule has 0 saturated carbocycles. The Hall–Kier alpha value is -2.21. The molecule has 0 aliphatic carbocycles. The normalized spacial score (nSPS) is 14.9. The van der Waals surface area contributed by atoms with Crippen LogP contribution in [0.5, 0.6) is 0 Å². The molecule has 4 rings (SSSR count). The molecule has 1 aromatic heterocycles. The molecule has 162 valence electrons. The van der Waals surface area contributed by atoms with Crippen LogP contribution in [0.15, 0.2) is 42.6 Å². The lowest BCUT2D eigenvalue weighted by Gasteiger charge is -2.31. The molecular formula is C23H21Cl3N2O3. The molecule has 0 atom stereocenters. The number of benzene rings is 2. The van der Waals surface area contributed by atoms with E-state index in [1.54, 1.807) is 17.0 Å². The van der Waals surface area contributed by atoms with Crippen LogP contribution in [0.3, 0.4) is 0 Å². The zero-order valence-corrected chi connectivity index (χ0v) is 18.9. The third kappa shape index (κ3) is 4.54. The summed E-state index contributed by atoms with van der Waals surface area (Å²) in [6, 6.07) is 11.0. The Balaban J connectivity index is 1.58. The van der Waals surface area contributed by atoms with Gasteiger partial charge in [0.2, 0.25) is 0 Å². The highest BCUT2D eigenvalue weighted by Crippen LogP contribution is 2.33. The van der Waals surface area contributed by atoms with Crippen LogP contribution in [-0.4, -0.2) is 39.5 Å². The number of hydrogen-bond acceptors (Lipinski definition) is 2. The maximum atomic E-state index is 13.1. The van der Waals surface area contributed by atoms with Gasteiger partial charge >= 0.3 is 5.97 Å². The molecule has 0 spiro atoms. The predicted octanol–water partition coefficient (Wildman–Crippen LogP) is 5.98. The highest BCUT2D eigenvalue weighted by Gasteiger charge is 2.27. The minimum absolute atomic E-state index is 0.101. The molecule has 5 nitrogen and oxygen atoms in total. The van der Waals surface area contributed by atoms with Crippen molar-refractivity contribution in [1.82, 2.24) is 9.47 Å². The molecule has 1 saturated heterocycles. The SMILES string of the molecule is O=C(O)CC1CCN(C(=O)c2ccc(Cl)c(Cn3ccc4cccc(Cl)c43)c2Cl)CC1. The first-order valence-corrected chi connectivity index (χ1v) is 11.2. The van der Waals surface area contributed by atoms with Crippen LogP contribution in [0.25, 0.3) is 10.9 Å². The first kappa shape index (κ1) is 22.0. The van der Waals surface area contributed by atoms with Gasteiger partial charge in [0.05, 0.1) is 27.7 Å². The van der Waals surface area contributed by atoms with Crippen molar-refractivity contribution in [3.8, 4) is 0 Å². The van der Waals surface area contributed by atoms with E-state index in [-0.39, 0.29) is 18.2 Å². The summed E-state index contributed by atoms with van der Waals surface area (Å²) in [7, 11) is 0. The molecule has 3 aromatic rings. The van der Waals surface area contributed by atoms with Crippen molar-refractivity contribution in [2.24, 2.45) is 5.92 Å². The van der Waals surface area contributed by atoms with Gasteiger partial charge in [0.1, 0.15) is 0 Å². The van der Waals surface area contributed by atoms with Crippen molar-refractivity contribution in [2.45, 2.75) is 25.8 Å². The smallest absolute Gasteiger partial charge is 0.303 e. The number of rotatable bonds is 5. The lowest BCUT2D eigenvalue weighted by atomic mass is 9.93. The maximum Gasteiger partial charge on any atom is 0.303 e. The summed E-state index contributed by atoms with van der Waals surface area (Å²) in [5.74, 6) is -0.857. The number of piperidine rings is 1. The number of carboxylic acids is 1. The Morgan fingerprint density at radius 2 is 1.74 bits per heavy atom. The molecular weight excluding hydrogens is 459 g/mol. The zero-order chi connectivity index (χ0) is 22.1. The summed E-state index contributed by atoms with van der Waals surface area (Å²) >= 11 is 19.5. The quantitative estimate of drug-likeness (QED) is 0.490.